The molecule has 2 heterocycles. The standard InChI is InChI=1S/C22H35N3O4/c1-4-28-20-15-19(25-10-12-27-13-11-25)21(29-5-2)14-18(20)23-22(26)16-24-8-6-17(3)7-9-24/h14-15,17H,4-13,16H2,1-3H3,(H,23,26)/p+1. The number of carbonyl (C=O) groups is 1. The topological polar surface area (TPSA) is 64.5 Å². The number of likely N-dealkylation sites (tertiary alicyclic amines) is 1. The van der Waals surface area contributed by atoms with E-state index in [-0.39, 0.29) is 5.91 Å². The molecule has 162 valence electrons. The van der Waals surface area contributed by atoms with Crippen molar-refractivity contribution >= 4 is 17.3 Å². The van der Waals surface area contributed by atoms with Crippen LogP contribution in [0.25, 0.3) is 0 Å². The van der Waals surface area contributed by atoms with Crippen LogP contribution in [0.1, 0.15) is 33.6 Å². The van der Waals surface area contributed by atoms with E-state index in [1.165, 1.54) is 17.7 Å². The summed E-state index contributed by atoms with van der Waals surface area (Å²) in [6.45, 7) is 13.0. The van der Waals surface area contributed by atoms with Crippen LogP contribution < -0.4 is 24.6 Å². The van der Waals surface area contributed by atoms with Crippen LogP contribution in [0.4, 0.5) is 11.4 Å². The van der Waals surface area contributed by atoms with E-state index in [2.05, 4.69) is 17.1 Å². The van der Waals surface area contributed by atoms with Gasteiger partial charge in [-0.2, -0.15) is 0 Å². The van der Waals surface area contributed by atoms with Crippen molar-refractivity contribution in [1.29, 1.82) is 0 Å². The normalized spacial score (nSPS) is 22.2. The van der Waals surface area contributed by atoms with Gasteiger partial charge in [-0.15, -0.1) is 0 Å². The number of hydrogen-bond acceptors (Lipinski definition) is 5. The molecule has 0 aromatic heterocycles. The lowest BCUT2D eigenvalue weighted by Gasteiger charge is -2.31. The van der Waals surface area contributed by atoms with E-state index < -0.39 is 0 Å². The van der Waals surface area contributed by atoms with E-state index in [0.29, 0.717) is 44.4 Å². The Bertz CT molecular complexity index is 668. The lowest BCUT2D eigenvalue weighted by atomic mass is 9.99. The molecule has 0 radical (unpaired) electrons. The zero-order valence-corrected chi connectivity index (χ0v) is 18.1. The van der Waals surface area contributed by atoms with Gasteiger partial charge in [-0.1, -0.05) is 6.92 Å². The molecule has 1 aromatic carbocycles. The number of benzene rings is 1. The van der Waals surface area contributed by atoms with Crippen LogP contribution in [0.5, 0.6) is 11.5 Å². The van der Waals surface area contributed by atoms with Crippen molar-refractivity contribution in [1.82, 2.24) is 0 Å². The molecule has 3 rings (SSSR count). The summed E-state index contributed by atoms with van der Waals surface area (Å²) in [5, 5.41) is 3.07. The average Bonchev–Trinajstić information content (AvgIpc) is 2.72. The van der Waals surface area contributed by atoms with Gasteiger partial charge in [0.2, 0.25) is 0 Å². The molecule has 2 N–H and O–H groups in total. The number of nitrogens with zero attached hydrogens (tertiary/aromatic N) is 1. The smallest absolute Gasteiger partial charge is 0.279 e. The summed E-state index contributed by atoms with van der Waals surface area (Å²) < 4.78 is 17.3. The Morgan fingerprint density at radius 2 is 1.79 bits per heavy atom. The maximum atomic E-state index is 12.7. The number of morpholine rings is 1. The second-order valence-corrected chi connectivity index (χ2v) is 7.94. The quantitative estimate of drug-likeness (QED) is 0.686. The minimum Gasteiger partial charge on any atom is -0.492 e. The molecule has 7 heteroatoms. The molecule has 0 unspecified atom stereocenters. The summed E-state index contributed by atoms with van der Waals surface area (Å²) in [5.41, 5.74) is 1.68. The number of ether oxygens (including phenoxy) is 3. The first-order valence-corrected chi connectivity index (χ1v) is 11.0. The molecule has 0 spiro atoms. The molecule has 7 nitrogen and oxygen atoms in total. The van der Waals surface area contributed by atoms with Gasteiger partial charge < -0.3 is 29.3 Å². The molecular weight excluding hydrogens is 370 g/mol. The Kier molecular flexibility index (Phi) is 8.00. The van der Waals surface area contributed by atoms with Gasteiger partial charge in [-0.3, -0.25) is 4.79 Å². The summed E-state index contributed by atoms with van der Waals surface area (Å²) in [6, 6.07) is 3.90. The monoisotopic (exact) mass is 406 g/mol. The van der Waals surface area contributed by atoms with Gasteiger partial charge in [-0.05, 0) is 32.6 Å². The average molecular weight is 407 g/mol. The van der Waals surface area contributed by atoms with Gasteiger partial charge in [-0.25, -0.2) is 0 Å². The molecule has 1 aromatic rings. The number of carbonyl (C=O) groups excluding carboxylic acids is 1. The Labute approximate surface area is 174 Å². The molecule has 2 aliphatic rings. The number of anilines is 2. The highest BCUT2D eigenvalue weighted by atomic mass is 16.5. The van der Waals surface area contributed by atoms with Crippen LogP contribution in [-0.4, -0.2) is 65.1 Å². The van der Waals surface area contributed by atoms with Gasteiger partial charge >= 0.3 is 0 Å². The lowest BCUT2D eigenvalue weighted by Crippen LogP contribution is -3.14. The highest BCUT2D eigenvalue weighted by Gasteiger charge is 2.24. The number of amides is 1. The zero-order chi connectivity index (χ0) is 20.6. The van der Waals surface area contributed by atoms with Gasteiger partial charge in [0.25, 0.3) is 5.91 Å². The van der Waals surface area contributed by atoms with Crippen LogP contribution in [0, 0.1) is 5.92 Å². The SMILES string of the molecule is CCOc1cc(N2CCOCC2)c(OCC)cc1NC(=O)C[NH+]1CCC(C)CC1. The van der Waals surface area contributed by atoms with Crippen molar-refractivity contribution in [3.05, 3.63) is 12.1 Å². The van der Waals surface area contributed by atoms with Crippen molar-refractivity contribution in [3.8, 4) is 11.5 Å². The predicted molar refractivity (Wildman–Crippen MR) is 114 cm³/mol. The highest BCUT2D eigenvalue weighted by Crippen LogP contribution is 2.39. The van der Waals surface area contributed by atoms with E-state index in [1.54, 1.807) is 0 Å². The summed E-state index contributed by atoms with van der Waals surface area (Å²) in [4.78, 5) is 16.3. The van der Waals surface area contributed by atoms with Crippen molar-refractivity contribution in [2.45, 2.75) is 33.6 Å². The van der Waals surface area contributed by atoms with Crippen LogP contribution in [0.3, 0.4) is 0 Å². The Morgan fingerprint density at radius 1 is 1.14 bits per heavy atom. The molecule has 2 saturated heterocycles. The maximum Gasteiger partial charge on any atom is 0.279 e. The minimum absolute atomic E-state index is 0.0251. The van der Waals surface area contributed by atoms with Crippen LogP contribution in [0.2, 0.25) is 0 Å². The van der Waals surface area contributed by atoms with E-state index in [1.807, 2.05) is 26.0 Å². The van der Waals surface area contributed by atoms with Gasteiger partial charge in [0.1, 0.15) is 11.5 Å². The summed E-state index contributed by atoms with van der Waals surface area (Å²) in [5.74, 6) is 2.25. The first-order chi connectivity index (χ1) is 14.1. The first kappa shape index (κ1) is 21.7. The van der Waals surface area contributed by atoms with Crippen molar-refractivity contribution in [3.63, 3.8) is 0 Å². The van der Waals surface area contributed by atoms with E-state index >= 15 is 0 Å². The zero-order valence-electron chi connectivity index (χ0n) is 18.1. The molecular formula is C22H36N3O4+. The fraction of sp³-hybridized carbons (Fsp3) is 0.682. The van der Waals surface area contributed by atoms with E-state index in [4.69, 9.17) is 14.2 Å². The van der Waals surface area contributed by atoms with Crippen molar-refractivity contribution < 1.29 is 23.9 Å². The molecule has 1 amide bonds. The first-order valence-electron chi connectivity index (χ1n) is 11.0. The molecule has 2 aliphatic heterocycles. The Morgan fingerprint density at radius 3 is 2.45 bits per heavy atom. The number of nitrogens with one attached hydrogen (secondary N) is 2. The largest absolute Gasteiger partial charge is 0.492 e. The maximum absolute atomic E-state index is 12.7. The van der Waals surface area contributed by atoms with Gasteiger partial charge in [0.15, 0.2) is 6.54 Å². The van der Waals surface area contributed by atoms with Crippen LogP contribution >= 0.6 is 0 Å². The van der Waals surface area contributed by atoms with Gasteiger partial charge in [0.05, 0.1) is 50.9 Å². The Balaban J connectivity index is 1.76. The van der Waals surface area contributed by atoms with Crippen LogP contribution in [-0.2, 0) is 9.53 Å². The minimum atomic E-state index is 0.0251. The van der Waals surface area contributed by atoms with E-state index in [9.17, 15) is 4.79 Å². The second-order valence-electron chi connectivity index (χ2n) is 7.94. The summed E-state index contributed by atoms with van der Waals surface area (Å²) in [6.07, 6.45) is 2.38. The third-order valence-electron chi connectivity index (χ3n) is 5.68. The van der Waals surface area contributed by atoms with E-state index in [0.717, 1.165) is 43.5 Å². The predicted octanol–water partition coefficient (Wildman–Crippen LogP) is 1.57. The number of rotatable bonds is 8. The van der Waals surface area contributed by atoms with Gasteiger partial charge in [0, 0.05) is 25.2 Å². The van der Waals surface area contributed by atoms with Crippen molar-refractivity contribution in [2.24, 2.45) is 5.92 Å². The molecule has 0 bridgehead atoms. The molecule has 29 heavy (non-hydrogen) atoms. The lowest BCUT2D eigenvalue weighted by molar-refractivity contribution is -0.897. The third-order valence-corrected chi connectivity index (χ3v) is 5.68. The molecule has 0 saturated carbocycles. The number of hydrogen-bond donors (Lipinski definition) is 2. The van der Waals surface area contributed by atoms with Crippen LogP contribution in [0.15, 0.2) is 12.1 Å². The highest BCUT2D eigenvalue weighted by molar-refractivity contribution is 5.94. The number of piperidine rings is 1. The fourth-order valence-corrected chi connectivity index (χ4v) is 4.01. The Hall–Kier alpha value is -1.99. The fourth-order valence-electron chi connectivity index (χ4n) is 4.01. The molecule has 2 fully saturated rings. The summed E-state index contributed by atoms with van der Waals surface area (Å²) >= 11 is 0. The molecule has 0 aliphatic carbocycles. The van der Waals surface area contributed by atoms with Crippen molar-refractivity contribution in [2.75, 3.05) is 69.4 Å². The molecule has 0 atom stereocenters. The number of quaternary nitrogens is 1. The third kappa shape index (κ3) is 6.00. The summed E-state index contributed by atoms with van der Waals surface area (Å²) in [7, 11) is 0. The second kappa shape index (κ2) is 10.7.